The Kier molecular flexibility index (Phi) is 5.98. The van der Waals surface area contributed by atoms with Crippen LogP contribution >= 0.6 is 11.6 Å². The van der Waals surface area contributed by atoms with Crippen LogP contribution < -0.4 is 0 Å². The molecule has 0 spiro atoms. The summed E-state index contributed by atoms with van der Waals surface area (Å²) in [5.41, 5.74) is 1.47. The minimum Gasteiger partial charge on any atom is -0.396 e. The highest BCUT2D eigenvalue weighted by atomic mass is 35.5. The molecule has 0 aliphatic rings. The molecule has 0 radical (unpaired) electrons. The van der Waals surface area contributed by atoms with Crippen LogP contribution in [0.25, 0.3) is 0 Å². The van der Waals surface area contributed by atoms with Crippen LogP contribution in [0.2, 0.25) is 0 Å². The molecular weight excluding hydrogens is 112 g/mol. The van der Waals surface area contributed by atoms with E-state index in [-0.39, 0.29) is 6.61 Å². The van der Waals surface area contributed by atoms with E-state index in [0.717, 1.165) is 12.8 Å². The molecule has 0 rings (SSSR count). The summed E-state index contributed by atoms with van der Waals surface area (Å²) in [6.45, 7) is 0.251. The number of hydrogen-bond acceptors (Lipinski definition) is 1. The van der Waals surface area contributed by atoms with E-state index >= 15 is 0 Å². The van der Waals surface area contributed by atoms with E-state index in [9.17, 15) is 0 Å². The predicted molar refractivity (Wildman–Crippen MR) is 31.3 cm³/mol. The molecule has 0 fully saturated rings. The molecule has 0 aliphatic carbocycles. The van der Waals surface area contributed by atoms with Crippen LogP contribution in [0.3, 0.4) is 0 Å². The first kappa shape index (κ1) is 6.99. The van der Waals surface area contributed by atoms with Crippen molar-refractivity contribution in [3.63, 3.8) is 0 Å². The molecule has 7 heavy (non-hydrogen) atoms. The van der Waals surface area contributed by atoms with E-state index < -0.39 is 0 Å². The van der Waals surface area contributed by atoms with Gasteiger partial charge in [0.1, 0.15) is 0 Å². The average Bonchev–Trinajstić information content (AvgIpc) is 1.69. The van der Waals surface area contributed by atoms with E-state index in [1.54, 1.807) is 0 Å². The first-order chi connectivity index (χ1) is 3.41. The molecule has 0 aromatic carbocycles. The Morgan fingerprint density at radius 2 is 2.29 bits per heavy atom. The van der Waals surface area contributed by atoms with Gasteiger partial charge in [-0.05, 0) is 12.8 Å². The Balaban J connectivity index is 2.69. The van der Waals surface area contributed by atoms with Gasteiger partial charge in [-0.3, -0.25) is 0 Å². The van der Waals surface area contributed by atoms with Gasteiger partial charge in [0.05, 0.1) is 0 Å². The van der Waals surface area contributed by atoms with Crippen molar-refractivity contribution in [3.05, 3.63) is 11.6 Å². The highest BCUT2D eigenvalue weighted by Crippen LogP contribution is 1.89. The smallest absolute Gasteiger partial charge is 0.0433 e. The second-order valence-corrected chi connectivity index (χ2v) is 1.48. The maximum Gasteiger partial charge on any atom is 0.0433 e. The lowest BCUT2D eigenvalue weighted by atomic mass is 10.3. The number of aliphatic hydroxyl groups excluding tert-OH is 1. The van der Waals surface area contributed by atoms with E-state index in [1.165, 1.54) is 5.54 Å². The molecule has 0 bridgehead atoms. The largest absolute Gasteiger partial charge is 0.396 e. The van der Waals surface area contributed by atoms with E-state index in [0.29, 0.717) is 0 Å². The Labute approximate surface area is 48.6 Å². The van der Waals surface area contributed by atoms with Crippen molar-refractivity contribution >= 4 is 11.6 Å². The van der Waals surface area contributed by atoms with Gasteiger partial charge in [-0.2, -0.15) is 0 Å². The van der Waals surface area contributed by atoms with Crippen LogP contribution in [0.1, 0.15) is 12.8 Å². The molecule has 2 heteroatoms. The van der Waals surface area contributed by atoms with Gasteiger partial charge in [0, 0.05) is 12.1 Å². The number of aliphatic hydroxyl groups is 1. The van der Waals surface area contributed by atoms with Crippen LogP contribution in [-0.4, -0.2) is 11.7 Å². The molecule has 0 aromatic heterocycles. The highest BCUT2D eigenvalue weighted by molar-refractivity contribution is 6.25. The Morgan fingerprint density at radius 3 is 2.71 bits per heavy atom. The van der Waals surface area contributed by atoms with Crippen LogP contribution in [0.4, 0.5) is 0 Å². The molecule has 1 nitrogen and oxygen atoms in total. The summed E-state index contributed by atoms with van der Waals surface area (Å²) in [5, 5.41) is 8.22. The van der Waals surface area contributed by atoms with E-state index in [2.05, 4.69) is 0 Å². The SMILES string of the molecule is OCCC/C=C/Cl. The average molecular weight is 121 g/mol. The maximum absolute atomic E-state index is 8.22. The zero-order chi connectivity index (χ0) is 5.54. The first-order valence-corrected chi connectivity index (χ1v) is 2.71. The van der Waals surface area contributed by atoms with Crippen molar-refractivity contribution in [1.82, 2.24) is 0 Å². The Bertz CT molecular complexity index is 52.0. The summed E-state index contributed by atoms with van der Waals surface area (Å²) in [6.07, 6.45) is 3.50. The number of unbranched alkanes of at least 4 members (excludes halogenated alkanes) is 1. The minimum atomic E-state index is 0.251. The summed E-state index contributed by atoms with van der Waals surface area (Å²) in [5.74, 6) is 0. The number of halogens is 1. The molecular formula is C5H9ClO. The molecule has 0 aliphatic heterocycles. The molecule has 0 atom stereocenters. The fourth-order valence-electron chi connectivity index (χ4n) is 0.272. The van der Waals surface area contributed by atoms with Gasteiger partial charge < -0.3 is 5.11 Å². The quantitative estimate of drug-likeness (QED) is 0.560. The van der Waals surface area contributed by atoms with Crippen LogP contribution in [0.15, 0.2) is 11.6 Å². The molecule has 0 amide bonds. The summed E-state index contributed by atoms with van der Waals surface area (Å²) in [4.78, 5) is 0. The zero-order valence-corrected chi connectivity index (χ0v) is 4.86. The normalized spacial score (nSPS) is 10.6. The number of allylic oxidation sites excluding steroid dienone is 1. The maximum atomic E-state index is 8.22. The number of rotatable bonds is 3. The van der Waals surface area contributed by atoms with E-state index in [4.69, 9.17) is 16.7 Å². The third kappa shape index (κ3) is 5.99. The third-order valence-corrected chi connectivity index (χ3v) is 0.796. The molecule has 1 N–H and O–H groups in total. The van der Waals surface area contributed by atoms with Crippen molar-refractivity contribution in [3.8, 4) is 0 Å². The minimum absolute atomic E-state index is 0.251. The second kappa shape index (κ2) is 5.99. The van der Waals surface area contributed by atoms with Crippen molar-refractivity contribution < 1.29 is 5.11 Å². The second-order valence-electron chi connectivity index (χ2n) is 1.23. The van der Waals surface area contributed by atoms with Gasteiger partial charge in [0.25, 0.3) is 0 Å². The Hall–Kier alpha value is -0.0100. The molecule has 42 valence electrons. The number of hydrogen-bond donors (Lipinski definition) is 1. The standard InChI is InChI=1S/C5H9ClO/c6-4-2-1-3-5-7/h2,4,7H,1,3,5H2/b4-2+. The highest BCUT2D eigenvalue weighted by Gasteiger charge is 1.74. The van der Waals surface area contributed by atoms with Crippen molar-refractivity contribution in [2.45, 2.75) is 12.8 Å². The van der Waals surface area contributed by atoms with Crippen LogP contribution in [0.5, 0.6) is 0 Å². The fourth-order valence-corrected chi connectivity index (χ4v) is 0.398. The van der Waals surface area contributed by atoms with Crippen LogP contribution in [-0.2, 0) is 0 Å². The van der Waals surface area contributed by atoms with Crippen molar-refractivity contribution in [2.24, 2.45) is 0 Å². The molecule has 0 saturated heterocycles. The predicted octanol–water partition coefficient (Wildman–Crippen LogP) is 1.51. The lowest BCUT2D eigenvalue weighted by Gasteiger charge is -1.83. The molecule has 0 unspecified atom stereocenters. The zero-order valence-electron chi connectivity index (χ0n) is 4.10. The lowest BCUT2D eigenvalue weighted by Crippen LogP contribution is -1.77. The van der Waals surface area contributed by atoms with Crippen LogP contribution in [0, 0.1) is 0 Å². The van der Waals surface area contributed by atoms with Gasteiger partial charge in [-0.1, -0.05) is 17.7 Å². The fraction of sp³-hybridized carbons (Fsp3) is 0.600. The van der Waals surface area contributed by atoms with Gasteiger partial charge in [-0.25, -0.2) is 0 Å². The summed E-state index contributed by atoms with van der Waals surface area (Å²) in [6, 6.07) is 0. The molecule has 0 saturated carbocycles. The van der Waals surface area contributed by atoms with Crippen molar-refractivity contribution in [2.75, 3.05) is 6.61 Å². The summed E-state index contributed by atoms with van der Waals surface area (Å²) in [7, 11) is 0. The molecule has 0 heterocycles. The third-order valence-electron chi connectivity index (χ3n) is 0.618. The van der Waals surface area contributed by atoms with E-state index in [1.807, 2.05) is 6.08 Å². The summed E-state index contributed by atoms with van der Waals surface area (Å²) >= 11 is 5.18. The Morgan fingerprint density at radius 1 is 1.57 bits per heavy atom. The summed E-state index contributed by atoms with van der Waals surface area (Å²) < 4.78 is 0. The van der Waals surface area contributed by atoms with Gasteiger partial charge >= 0.3 is 0 Å². The molecule has 0 aromatic rings. The monoisotopic (exact) mass is 120 g/mol. The first-order valence-electron chi connectivity index (χ1n) is 2.28. The topological polar surface area (TPSA) is 20.2 Å². The van der Waals surface area contributed by atoms with Gasteiger partial charge in [-0.15, -0.1) is 0 Å². The van der Waals surface area contributed by atoms with Gasteiger partial charge in [0.15, 0.2) is 0 Å². The van der Waals surface area contributed by atoms with Crippen molar-refractivity contribution in [1.29, 1.82) is 0 Å². The van der Waals surface area contributed by atoms with Gasteiger partial charge in [0.2, 0.25) is 0 Å². The lowest BCUT2D eigenvalue weighted by molar-refractivity contribution is 0.289.